The zero-order valence-corrected chi connectivity index (χ0v) is 11.5. The third-order valence-electron chi connectivity index (χ3n) is 3.02. The molecule has 7 heteroatoms. The molecule has 0 amide bonds. The number of hydrogen-bond acceptors (Lipinski definition) is 2. The fourth-order valence-corrected chi connectivity index (χ4v) is 4.72. The van der Waals surface area contributed by atoms with E-state index in [-0.39, 0.29) is 28.0 Å². The molecule has 2 atom stereocenters. The van der Waals surface area contributed by atoms with Crippen LogP contribution in [-0.4, -0.2) is 19.9 Å². The smallest absolute Gasteiger partial charge is 0.160 e. The van der Waals surface area contributed by atoms with Crippen molar-refractivity contribution >= 4 is 33.0 Å². The first-order valence-electron chi connectivity index (χ1n) is 5.29. The molecule has 18 heavy (non-hydrogen) atoms. The lowest BCUT2D eigenvalue weighted by molar-refractivity contribution is 0.502. The van der Waals surface area contributed by atoms with Gasteiger partial charge in [-0.2, -0.15) is 0 Å². The van der Waals surface area contributed by atoms with Crippen molar-refractivity contribution in [3.05, 3.63) is 34.4 Å². The van der Waals surface area contributed by atoms with Gasteiger partial charge in [0.05, 0.1) is 16.9 Å². The minimum absolute atomic E-state index is 0.0122. The highest BCUT2D eigenvalue weighted by atomic mass is 35.5. The van der Waals surface area contributed by atoms with E-state index in [1.54, 1.807) is 0 Å². The number of hydrogen-bond donors (Lipinski definition) is 0. The van der Waals surface area contributed by atoms with Crippen LogP contribution < -0.4 is 0 Å². The Morgan fingerprint density at radius 2 is 1.89 bits per heavy atom. The van der Waals surface area contributed by atoms with Crippen molar-refractivity contribution in [3.8, 4) is 0 Å². The number of benzene rings is 1. The topological polar surface area (TPSA) is 34.1 Å². The van der Waals surface area contributed by atoms with Crippen LogP contribution >= 0.6 is 23.2 Å². The molecule has 2 unspecified atom stereocenters. The molecule has 0 bridgehead atoms. The maximum atomic E-state index is 13.1. The molecule has 2 rings (SSSR count). The lowest BCUT2D eigenvalue weighted by Crippen LogP contribution is -2.11. The predicted octanol–water partition coefficient (Wildman–Crippen LogP) is 3.33. The highest BCUT2D eigenvalue weighted by molar-refractivity contribution is 7.91. The Balaban J connectivity index is 2.30. The maximum Gasteiger partial charge on any atom is 0.160 e. The third kappa shape index (κ3) is 2.78. The van der Waals surface area contributed by atoms with Crippen LogP contribution in [0.1, 0.15) is 17.4 Å². The summed E-state index contributed by atoms with van der Waals surface area (Å²) in [6, 6.07) is 1.78. The quantitative estimate of drug-likeness (QED) is 0.620. The fourth-order valence-electron chi connectivity index (χ4n) is 2.06. The number of rotatable bonds is 2. The predicted molar refractivity (Wildman–Crippen MR) is 66.7 cm³/mol. The standard InChI is InChI=1S/C11H10Cl2F2O2S/c12-8-4-10(15)9(14)3-7(8)11(13)6-1-2-18(16,17)5-6/h3-4,6,11H,1-2,5H2. The molecule has 100 valence electrons. The SMILES string of the molecule is O=S1(=O)CCC(C(Cl)c2cc(F)c(F)cc2Cl)C1. The van der Waals surface area contributed by atoms with Gasteiger partial charge in [-0.1, -0.05) is 11.6 Å². The van der Waals surface area contributed by atoms with Crippen LogP contribution in [-0.2, 0) is 9.84 Å². The third-order valence-corrected chi connectivity index (χ3v) is 5.73. The van der Waals surface area contributed by atoms with Gasteiger partial charge in [-0.25, -0.2) is 17.2 Å². The summed E-state index contributed by atoms with van der Waals surface area (Å²) in [5.74, 6) is -2.38. The summed E-state index contributed by atoms with van der Waals surface area (Å²) >= 11 is 11.9. The van der Waals surface area contributed by atoms with Crippen molar-refractivity contribution in [2.75, 3.05) is 11.5 Å². The molecule has 0 aromatic heterocycles. The molecule has 1 heterocycles. The largest absolute Gasteiger partial charge is 0.229 e. The van der Waals surface area contributed by atoms with E-state index in [0.29, 0.717) is 6.42 Å². The molecule has 2 nitrogen and oxygen atoms in total. The normalized spacial score (nSPS) is 24.1. The molecular weight excluding hydrogens is 305 g/mol. The van der Waals surface area contributed by atoms with Crippen molar-refractivity contribution in [1.29, 1.82) is 0 Å². The van der Waals surface area contributed by atoms with Crippen LogP contribution in [0, 0.1) is 17.6 Å². The van der Waals surface area contributed by atoms with Gasteiger partial charge < -0.3 is 0 Å². The van der Waals surface area contributed by atoms with Crippen molar-refractivity contribution in [2.45, 2.75) is 11.8 Å². The molecule has 0 radical (unpaired) electrons. The van der Waals surface area contributed by atoms with E-state index in [4.69, 9.17) is 23.2 Å². The van der Waals surface area contributed by atoms with Crippen molar-refractivity contribution in [1.82, 2.24) is 0 Å². The summed E-state index contributed by atoms with van der Waals surface area (Å²) < 4.78 is 48.8. The first-order chi connectivity index (χ1) is 8.30. The second-order valence-corrected chi connectivity index (χ2v) is 7.46. The van der Waals surface area contributed by atoms with Crippen LogP contribution in [0.2, 0.25) is 5.02 Å². The van der Waals surface area contributed by atoms with Crippen LogP contribution in [0.15, 0.2) is 12.1 Å². The zero-order chi connectivity index (χ0) is 13.5. The van der Waals surface area contributed by atoms with Gasteiger partial charge in [0.1, 0.15) is 0 Å². The molecule has 0 spiro atoms. The number of sulfone groups is 1. The van der Waals surface area contributed by atoms with E-state index >= 15 is 0 Å². The lowest BCUT2D eigenvalue weighted by Gasteiger charge is -2.17. The number of alkyl halides is 1. The first-order valence-corrected chi connectivity index (χ1v) is 7.92. The zero-order valence-electron chi connectivity index (χ0n) is 9.17. The Morgan fingerprint density at radius 1 is 1.28 bits per heavy atom. The second-order valence-electron chi connectivity index (χ2n) is 4.35. The molecule has 1 aromatic rings. The van der Waals surface area contributed by atoms with Gasteiger partial charge in [0.2, 0.25) is 0 Å². The van der Waals surface area contributed by atoms with E-state index in [1.165, 1.54) is 0 Å². The van der Waals surface area contributed by atoms with Gasteiger partial charge >= 0.3 is 0 Å². The summed E-state index contributed by atoms with van der Waals surface area (Å²) in [5.41, 5.74) is 0.235. The Kier molecular flexibility index (Phi) is 3.85. The summed E-state index contributed by atoms with van der Waals surface area (Å²) in [7, 11) is -3.07. The molecule has 1 fully saturated rings. The Bertz CT molecular complexity index is 575. The molecule has 0 N–H and O–H groups in total. The molecule has 1 aliphatic heterocycles. The highest BCUT2D eigenvalue weighted by Gasteiger charge is 2.34. The van der Waals surface area contributed by atoms with Crippen LogP contribution in [0.5, 0.6) is 0 Å². The van der Waals surface area contributed by atoms with E-state index in [1.807, 2.05) is 0 Å². The van der Waals surface area contributed by atoms with E-state index < -0.39 is 26.8 Å². The van der Waals surface area contributed by atoms with E-state index in [0.717, 1.165) is 12.1 Å². The van der Waals surface area contributed by atoms with E-state index in [9.17, 15) is 17.2 Å². The average molecular weight is 315 g/mol. The summed E-state index contributed by atoms with van der Waals surface area (Å²) in [4.78, 5) is 0. The molecule has 0 saturated carbocycles. The minimum Gasteiger partial charge on any atom is -0.229 e. The van der Waals surface area contributed by atoms with Gasteiger partial charge in [0.15, 0.2) is 21.5 Å². The van der Waals surface area contributed by atoms with Crippen LogP contribution in [0.25, 0.3) is 0 Å². The second kappa shape index (κ2) is 4.94. The van der Waals surface area contributed by atoms with Crippen LogP contribution in [0.3, 0.4) is 0 Å². The van der Waals surface area contributed by atoms with Crippen LogP contribution in [0.4, 0.5) is 8.78 Å². The van der Waals surface area contributed by atoms with Crippen molar-refractivity contribution < 1.29 is 17.2 Å². The maximum absolute atomic E-state index is 13.1. The Hall–Kier alpha value is -0.390. The van der Waals surface area contributed by atoms with Gasteiger partial charge in [-0.15, -0.1) is 11.6 Å². The van der Waals surface area contributed by atoms with Gasteiger partial charge in [0.25, 0.3) is 0 Å². The molecule has 0 aliphatic carbocycles. The lowest BCUT2D eigenvalue weighted by atomic mass is 9.98. The number of halogens is 4. The monoisotopic (exact) mass is 314 g/mol. The average Bonchev–Trinajstić information content (AvgIpc) is 2.63. The Morgan fingerprint density at radius 3 is 2.44 bits per heavy atom. The van der Waals surface area contributed by atoms with Gasteiger partial charge in [0, 0.05) is 5.02 Å². The molecular formula is C11H10Cl2F2O2S. The highest BCUT2D eigenvalue weighted by Crippen LogP contribution is 2.39. The fraction of sp³-hybridized carbons (Fsp3) is 0.455. The molecule has 1 saturated heterocycles. The van der Waals surface area contributed by atoms with Gasteiger partial charge in [-0.05, 0) is 30.0 Å². The van der Waals surface area contributed by atoms with Gasteiger partial charge in [-0.3, -0.25) is 0 Å². The summed E-state index contributed by atoms with van der Waals surface area (Å²) in [6.07, 6.45) is 0.409. The van der Waals surface area contributed by atoms with Crippen molar-refractivity contribution in [2.24, 2.45) is 5.92 Å². The summed E-state index contributed by atoms with van der Waals surface area (Å²) in [5, 5.41) is -0.719. The summed E-state index contributed by atoms with van der Waals surface area (Å²) in [6.45, 7) is 0. The molecule has 1 aromatic carbocycles. The minimum atomic E-state index is -3.07. The van der Waals surface area contributed by atoms with Crippen molar-refractivity contribution in [3.63, 3.8) is 0 Å². The first kappa shape index (κ1) is 14.0. The molecule has 1 aliphatic rings. The Labute approximate surface area is 114 Å². The van der Waals surface area contributed by atoms with E-state index in [2.05, 4.69) is 0 Å².